The maximum absolute atomic E-state index is 12.4. The van der Waals surface area contributed by atoms with Gasteiger partial charge in [0.2, 0.25) is 5.91 Å². The van der Waals surface area contributed by atoms with Gasteiger partial charge in [-0.3, -0.25) is 4.79 Å². The van der Waals surface area contributed by atoms with E-state index in [4.69, 9.17) is 10.7 Å². The third-order valence-corrected chi connectivity index (χ3v) is 4.60. The number of aromatic nitrogens is 2. The lowest BCUT2D eigenvalue weighted by molar-refractivity contribution is -0.115. The summed E-state index contributed by atoms with van der Waals surface area (Å²) in [5, 5.41) is 2.90. The number of amides is 1. The van der Waals surface area contributed by atoms with Crippen LogP contribution < -0.4 is 11.1 Å². The first-order valence-corrected chi connectivity index (χ1v) is 9.60. The second-order valence-electron chi connectivity index (χ2n) is 6.27. The molecule has 0 fully saturated rings. The summed E-state index contributed by atoms with van der Waals surface area (Å²) in [6.07, 6.45) is 3.62. The summed E-state index contributed by atoms with van der Waals surface area (Å²) in [6.45, 7) is 2.07. The Morgan fingerprint density at radius 1 is 1.11 bits per heavy atom. The number of hydrogen-bond donors (Lipinski definition) is 2. The van der Waals surface area contributed by atoms with Gasteiger partial charge in [-0.25, -0.2) is 9.97 Å². The largest absolute Gasteiger partial charge is 0.399 e. The van der Waals surface area contributed by atoms with Gasteiger partial charge in [0, 0.05) is 15.7 Å². The molecule has 0 saturated heterocycles. The van der Waals surface area contributed by atoms with Crippen molar-refractivity contribution in [2.75, 3.05) is 11.1 Å². The molecule has 0 aliphatic rings. The lowest BCUT2D eigenvalue weighted by Crippen LogP contribution is -2.17. The van der Waals surface area contributed by atoms with E-state index in [0.29, 0.717) is 17.9 Å². The van der Waals surface area contributed by atoms with Gasteiger partial charge in [-0.2, -0.15) is 0 Å². The zero-order valence-corrected chi connectivity index (χ0v) is 16.7. The number of nitrogens with one attached hydrogen (secondary N) is 1. The molecule has 0 unspecified atom stereocenters. The Bertz CT molecular complexity index is 924. The third kappa shape index (κ3) is 5.14. The number of hydrogen-bond acceptors (Lipinski definition) is 4. The lowest BCUT2D eigenvalue weighted by atomic mass is 10.1. The van der Waals surface area contributed by atoms with Crippen molar-refractivity contribution in [1.82, 2.24) is 9.97 Å². The number of carbonyl (C=O) groups is 1. The molecule has 1 amide bonds. The van der Waals surface area contributed by atoms with Crippen LogP contribution in [0.4, 0.5) is 11.5 Å². The van der Waals surface area contributed by atoms with E-state index in [1.54, 1.807) is 6.20 Å². The van der Waals surface area contributed by atoms with E-state index >= 15 is 0 Å². The summed E-state index contributed by atoms with van der Waals surface area (Å²) < 4.78 is 0.987. The molecule has 0 aliphatic carbocycles. The highest BCUT2D eigenvalue weighted by atomic mass is 79.9. The van der Waals surface area contributed by atoms with Crippen molar-refractivity contribution in [3.8, 4) is 11.3 Å². The molecule has 0 saturated carbocycles. The van der Waals surface area contributed by atoms with Gasteiger partial charge in [0.05, 0.1) is 24.0 Å². The van der Waals surface area contributed by atoms with Gasteiger partial charge in [-0.15, -0.1) is 0 Å². The third-order valence-electron chi connectivity index (χ3n) is 4.07. The average molecular weight is 425 g/mol. The second-order valence-corrected chi connectivity index (χ2v) is 7.19. The molecule has 27 heavy (non-hydrogen) atoms. The SMILES string of the molecule is CCCc1nc(-c2ccc(N)cc2)cnc1NC(=O)Cc1ccc(Br)cc1. The maximum Gasteiger partial charge on any atom is 0.229 e. The van der Waals surface area contributed by atoms with Gasteiger partial charge in [0.1, 0.15) is 0 Å². The Morgan fingerprint density at radius 2 is 1.81 bits per heavy atom. The first-order valence-electron chi connectivity index (χ1n) is 8.81. The summed E-state index contributed by atoms with van der Waals surface area (Å²) in [5.41, 5.74) is 9.90. The zero-order chi connectivity index (χ0) is 19.2. The number of halogens is 1. The minimum absolute atomic E-state index is 0.107. The van der Waals surface area contributed by atoms with Crippen LogP contribution in [0.3, 0.4) is 0 Å². The standard InChI is InChI=1S/C21H21BrN4O/c1-2-3-18-21(26-20(27)12-14-4-8-16(22)9-5-14)24-13-19(25-18)15-6-10-17(23)11-7-15/h4-11,13H,2-3,12,23H2,1H3,(H,24,26,27). The van der Waals surface area contributed by atoms with Crippen LogP contribution in [0, 0.1) is 0 Å². The molecule has 0 atom stereocenters. The van der Waals surface area contributed by atoms with E-state index in [1.807, 2.05) is 48.5 Å². The summed E-state index contributed by atoms with van der Waals surface area (Å²) in [4.78, 5) is 21.6. The molecule has 138 valence electrons. The van der Waals surface area contributed by atoms with E-state index < -0.39 is 0 Å². The van der Waals surface area contributed by atoms with Gasteiger partial charge in [0.15, 0.2) is 5.82 Å². The number of nitrogen functional groups attached to an aromatic ring is 1. The predicted octanol–water partition coefficient (Wildman–Crippen LogP) is 4.62. The van der Waals surface area contributed by atoms with Crippen molar-refractivity contribution in [2.24, 2.45) is 0 Å². The van der Waals surface area contributed by atoms with Gasteiger partial charge < -0.3 is 11.1 Å². The quantitative estimate of drug-likeness (QED) is 0.565. The van der Waals surface area contributed by atoms with Crippen molar-refractivity contribution in [3.63, 3.8) is 0 Å². The highest BCUT2D eigenvalue weighted by molar-refractivity contribution is 9.10. The second kappa shape index (κ2) is 8.77. The highest BCUT2D eigenvalue weighted by Crippen LogP contribution is 2.22. The molecule has 5 nitrogen and oxygen atoms in total. The van der Waals surface area contributed by atoms with Crippen LogP contribution in [-0.2, 0) is 17.6 Å². The fourth-order valence-electron chi connectivity index (χ4n) is 2.70. The molecule has 1 aromatic heterocycles. The maximum atomic E-state index is 12.4. The van der Waals surface area contributed by atoms with Crippen molar-refractivity contribution in [1.29, 1.82) is 0 Å². The molecule has 0 bridgehead atoms. The highest BCUT2D eigenvalue weighted by Gasteiger charge is 2.12. The van der Waals surface area contributed by atoms with Crippen molar-refractivity contribution in [2.45, 2.75) is 26.2 Å². The number of aryl methyl sites for hydroxylation is 1. The Labute approximate surface area is 167 Å². The summed E-state index contributed by atoms with van der Waals surface area (Å²) in [7, 11) is 0. The topological polar surface area (TPSA) is 80.9 Å². The van der Waals surface area contributed by atoms with Crippen molar-refractivity contribution >= 4 is 33.3 Å². The molecule has 0 spiro atoms. The monoisotopic (exact) mass is 424 g/mol. The van der Waals surface area contributed by atoms with E-state index in [1.165, 1.54) is 0 Å². The summed E-state index contributed by atoms with van der Waals surface area (Å²) >= 11 is 3.40. The number of carbonyl (C=O) groups excluding carboxylic acids is 1. The molecule has 3 N–H and O–H groups in total. The number of benzene rings is 2. The van der Waals surface area contributed by atoms with Crippen LogP contribution in [0.1, 0.15) is 24.6 Å². The van der Waals surface area contributed by atoms with Crippen LogP contribution in [0.25, 0.3) is 11.3 Å². The molecule has 3 rings (SSSR count). The smallest absolute Gasteiger partial charge is 0.229 e. The Kier molecular flexibility index (Phi) is 6.19. The number of anilines is 2. The predicted molar refractivity (Wildman–Crippen MR) is 112 cm³/mol. The minimum atomic E-state index is -0.107. The molecule has 0 aliphatic heterocycles. The molecular weight excluding hydrogens is 404 g/mol. The van der Waals surface area contributed by atoms with Gasteiger partial charge in [-0.1, -0.05) is 53.5 Å². The van der Waals surface area contributed by atoms with E-state index in [-0.39, 0.29) is 5.91 Å². The number of nitrogens with zero attached hydrogens (tertiary/aromatic N) is 2. The average Bonchev–Trinajstić information content (AvgIpc) is 2.66. The Balaban J connectivity index is 1.78. The molecule has 2 aromatic carbocycles. The molecule has 6 heteroatoms. The van der Waals surface area contributed by atoms with Gasteiger partial charge in [0.25, 0.3) is 0 Å². The fraction of sp³-hybridized carbons (Fsp3) is 0.190. The van der Waals surface area contributed by atoms with Gasteiger partial charge in [-0.05, 0) is 36.2 Å². The molecular formula is C21H21BrN4O. The normalized spacial score (nSPS) is 10.6. The Hall–Kier alpha value is -2.73. The molecule has 1 heterocycles. The van der Waals surface area contributed by atoms with Crippen LogP contribution in [0.2, 0.25) is 0 Å². The van der Waals surface area contributed by atoms with Crippen LogP contribution in [-0.4, -0.2) is 15.9 Å². The summed E-state index contributed by atoms with van der Waals surface area (Å²) in [6, 6.07) is 15.2. The zero-order valence-electron chi connectivity index (χ0n) is 15.1. The summed E-state index contributed by atoms with van der Waals surface area (Å²) in [5.74, 6) is 0.419. The fourth-order valence-corrected chi connectivity index (χ4v) is 2.96. The van der Waals surface area contributed by atoms with Crippen LogP contribution in [0.5, 0.6) is 0 Å². The number of nitrogens with two attached hydrogens (primary N) is 1. The van der Waals surface area contributed by atoms with Gasteiger partial charge >= 0.3 is 0 Å². The molecule has 3 aromatic rings. The van der Waals surface area contributed by atoms with Crippen molar-refractivity contribution in [3.05, 3.63) is 70.5 Å². The first kappa shape index (κ1) is 19.0. The van der Waals surface area contributed by atoms with Crippen LogP contribution >= 0.6 is 15.9 Å². The van der Waals surface area contributed by atoms with E-state index in [9.17, 15) is 4.79 Å². The minimum Gasteiger partial charge on any atom is -0.399 e. The van der Waals surface area contributed by atoms with Crippen LogP contribution in [0.15, 0.2) is 59.2 Å². The lowest BCUT2D eigenvalue weighted by Gasteiger charge is -2.11. The van der Waals surface area contributed by atoms with E-state index in [0.717, 1.165) is 39.8 Å². The Morgan fingerprint density at radius 3 is 2.48 bits per heavy atom. The van der Waals surface area contributed by atoms with Crippen molar-refractivity contribution < 1.29 is 4.79 Å². The number of rotatable bonds is 6. The molecule has 0 radical (unpaired) electrons. The van der Waals surface area contributed by atoms with E-state index in [2.05, 4.69) is 33.2 Å². The first-order chi connectivity index (χ1) is 13.0.